The highest BCUT2D eigenvalue weighted by molar-refractivity contribution is 7.89. The molecule has 0 radical (unpaired) electrons. The molecule has 3 aromatic rings. The number of aryl methyl sites for hydroxylation is 3. The Morgan fingerprint density at radius 3 is 2.50 bits per heavy atom. The maximum Gasteiger partial charge on any atom is 0.345 e. The van der Waals surface area contributed by atoms with E-state index in [0.717, 1.165) is 16.6 Å². The first-order chi connectivity index (χ1) is 19.0. The molecule has 2 atom stereocenters. The molecule has 6 N–H and O–H groups in total. The lowest BCUT2D eigenvalue weighted by molar-refractivity contribution is -0.149. The number of H-pyrrole nitrogens is 1. The maximum atomic E-state index is 13.6. The molecular weight excluding hydrogens is 536 g/mol. The normalized spacial score (nSPS) is 17.0. The number of benzene rings is 2. The van der Waals surface area contributed by atoms with E-state index in [0.29, 0.717) is 49.3 Å². The minimum atomic E-state index is -4.33. The van der Waals surface area contributed by atoms with E-state index in [9.17, 15) is 23.1 Å². The summed E-state index contributed by atoms with van der Waals surface area (Å²) in [6.45, 7) is 6.02. The number of carboxylic acid groups (broad SMARTS) is 1. The molecule has 12 nitrogen and oxygen atoms in total. The van der Waals surface area contributed by atoms with Gasteiger partial charge in [0.25, 0.3) is 0 Å². The van der Waals surface area contributed by atoms with Gasteiger partial charge in [-0.05, 0) is 69.7 Å². The van der Waals surface area contributed by atoms with Crippen LogP contribution in [0, 0.1) is 20.8 Å². The molecule has 2 aromatic carbocycles. The molecule has 13 heteroatoms. The minimum absolute atomic E-state index is 0.00432. The number of imidazole rings is 1. The van der Waals surface area contributed by atoms with Crippen LogP contribution in [0.3, 0.4) is 0 Å². The number of hydroxylamine groups is 1. The van der Waals surface area contributed by atoms with Gasteiger partial charge in [-0.25, -0.2) is 18.2 Å². The Labute approximate surface area is 233 Å². The van der Waals surface area contributed by atoms with E-state index >= 15 is 0 Å². The van der Waals surface area contributed by atoms with Crippen LogP contribution in [0.5, 0.6) is 0 Å². The number of fused-ring (bicyclic) bond motifs is 1. The molecule has 4 rings (SSSR count). The van der Waals surface area contributed by atoms with Crippen LogP contribution in [0.15, 0.2) is 41.3 Å². The fourth-order valence-electron chi connectivity index (χ4n) is 5.03. The molecular formula is C27H36N6O6S. The van der Waals surface area contributed by atoms with Gasteiger partial charge < -0.3 is 25.6 Å². The fraction of sp³-hybridized carbons (Fsp3) is 0.444. The number of aliphatic carboxylic acids is 1. The molecule has 0 saturated carbocycles. The first-order valence-electron chi connectivity index (χ1n) is 13.2. The Kier molecular flexibility index (Phi) is 9.08. The van der Waals surface area contributed by atoms with Crippen molar-refractivity contribution in [3.63, 3.8) is 0 Å². The van der Waals surface area contributed by atoms with E-state index in [1.807, 2.05) is 31.2 Å². The summed E-state index contributed by atoms with van der Waals surface area (Å²) < 4.78 is 29.5. The van der Waals surface area contributed by atoms with Crippen molar-refractivity contribution in [1.29, 1.82) is 0 Å². The summed E-state index contributed by atoms with van der Waals surface area (Å²) in [5, 5.41) is 16.0. The highest BCUT2D eigenvalue weighted by atomic mass is 32.2. The van der Waals surface area contributed by atoms with Crippen LogP contribution >= 0.6 is 0 Å². The standard InChI is InChI=1S/C27H36N6O6S/c1-17-15-18(2)23(19(3)16-17)40(37,38)33-27(25(35)36,31-24(34)22-11-14-39-32-22)12-7-4-8-13-28-26-29-20-9-5-6-10-21(20)30-26/h5-6,9-10,15-16,22,32-33H,4,7-8,11-14H2,1-3H3,(H,31,34)(H,35,36)(H2,28,29,30). The third-order valence-corrected chi connectivity index (χ3v) is 8.64. The summed E-state index contributed by atoms with van der Waals surface area (Å²) in [6, 6.07) is 10.3. The van der Waals surface area contributed by atoms with Gasteiger partial charge in [-0.1, -0.05) is 36.2 Å². The number of rotatable bonds is 13. The smallest absolute Gasteiger partial charge is 0.345 e. The van der Waals surface area contributed by atoms with Crippen LogP contribution in [0.4, 0.5) is 5.95 Å². The number of sulfonamides is 1. The molecule has 1 saturated heterocycles. The van der Waals surface area contributed by atoms with Gasteiger partial charge in [-0.15, -0.1) is 0 Å². The van der Waals surface area contributed by atoms with Crippen LogP contribution < -0.4 is 20.8 Å². The average Bonchev–Trinajstić information content (AvgIpc) is 3.55. The number of hydrogen-bond acceptors (Lipinski definition) is 8. The lowest BCUT2D eigenvalue weighted by Gasteiger charge is -2.32. The second-order valence-electron chi connectivity index (χ2n) is 10.2. The first kappa shape index (κ1) is 29.5. The number of hydrogen-bond donors (Lipinski definition) is 6. The maximum absolute atomic E-state index is 13.6. The van der Waals surface area contributed by atoms with Gasteiger partial charge in [0.15, 0.2) is 0 Å². The van der Waals surface area contributed by atoms with Crippen molar-refractivity contribution in [2.45, 2.75) is 69.5 Å². The minimum Gasteiger partial charge on any atom is -0.478 e. The summed E-state index contributed by atoms with van der Waals surface area (Å²) >= 11 is 0. The number of carbonyl (C=O) groups excluding carboxylic acids is 1. The van der Waals surface area contributed by atoms with E-state index in [2.05, 4.69) is 30.8 Å². The molecule has 2 heterocycles. The molecule has 1 fully saturated rings. The van der Waals surface area contributed by atoms with Crippen molar-refractivity contribution in [1.82, 2.24) is 25.5 Å². The summed E-state index contributed by atoms with van der Waals surface area (Å²) in [7, 11) is -4.33. The summed E-state index contributed by atoms with van der Waals surface area (Å²) in [5.41, 5.74) is 3.91. The van der Waals surface area contributed by atoms with Crippen molar-refractivity contribution in [2.75, 3.05) is 18.5 Å². The number of carbonyl (C=O) groups is 2. The number of nitrogens with zero attached hydrogens (tertiary/aromatic N) is 1. The lowest BCUT2D eigenvalue weighted by atomic mass is 10.0. The monoisotopic (exact) mass is 572 g/mol. The lowest BCUT2D eigenvalue weighted by Crippen LogP contribution is -2.67. The number of aromatic amines is 1. The number of amides is 1. The highest BCUT2D eigenvalue weighted by Crippen LogP contribution is 2.25. The average molecular weight is 573 g/mol. The van der Waals surface area contributed by atoms with E-state index < -0.39 is 33.6 Å². The second-order valence-corrected chi connectivity index (χ2v) is 11.8. The van der Waals surface area contributed by atoms with Crippen molar-refractivity contribution >= 4 is 38.9 Å². The summed E-state index contributed by atoms with van der Waals surface area (Å²) in [6.07, 6.45) is 1.75. The molecule has 40 heavy (non-hydrogen) atoms. The third kappa shape index (κ3) is 6.78. The molecule has 1 aliphatic heterocycles. The van der Waals surface area contributed by atoms with Crippen LogP contribution in [-0.2, 0) is 24.4 Å². The third-order valence-electron chi connectivity index (χ3n) is 6.84. The Balaban J connectivity index is 1.47. The zero-order chi connectivity index (χ0) is 28.9. The van der Waals surface area contributed by atoms with Gasteiger partial charge in [0.1, 0.15) is 6.04 Å². The fourth-order valence-corrected chi connectivity index (χ4v) is 6.79. The zero-order valence-corrected chi connectivity index (χ0v) is 23.7. The first-order valence-corrected chi connectivity index (χ1v) is 14.7. The highest BCUT2D eigenvalue weighted by Gasteiger charge is 2.45. The number of para-hydroxylation sites is 2. The summed E-state index contributed by atoms with van der Waals surface area (Å²) in [5.74, 6) is -1.52. The topological polar surface area (TPSA) is 175 Å². The van der Waals surface area contributed by atoms with Crippen molar-refractivity contribution in [3.8, 4) is 0 Å². The summed E-state index contributed by atoms with van der Waals surface area (Å²) in [4.78, 5) is 38.3. The number of anilines is 1. The van der Waals surface area contributed by atoms with Gasteiger partial charge in [0, 0.05) is 6.54 Å². The Bertz CT molecular complexity index is 1430. The molecule has 2 unspecified atom stereocenters. The van der Waals surface area contributed by atoms with Crippen LogP contribution in [-0.4, -0.2) is 60.2 Å². The number of aromatic nitrogens is 2. The SMILES string of the molecule is Cc1cc(C)c(S(=O)(=O)NC(CCCCCNc2nc3ccccc3[nH]2)(NC(=O)C2CCON2)C(=O)O)c(C)c1. The van der Waals surface area contributed by atoms with Crippen LogP contribution in [0.25, 0.3) is 11.0 Å². The predicted octanol–water partition coefficient (Wildman–Crippen LogP) is 2.63. The van der Waals surface area contributed by atoms with E-state index in [1.54, 1.807) is 26.0 Å². The van der Waals surface area contributed by atoms with Gasteiger partial charge in [0.05, 0.1) is 22.5 Å². The Morgan fingerprint density at radius 2 is 1.85 bits per heavy atom. The zero-order valence-electron chi connectivity index (χ0n) is 22.8. The van der Waals surface area contributed by atoms with E-state index in [-0.39, 0.29) is 17.9 Å². The number of unbranched alkanes of at least 4 members (excludes halogenated alkanes) is 2. The van der Waals surface area contributed by atoms with Gasteiger partial charge in [0.2, 0.25) is 27.5 Å². The quantitative estimate of drug-likeness (QED) is 0.133. The largest absolute Gasteiger partial charge is 0.478 e. The van der Waals surface area contributed by atoms with Gasteiger partial charge >= 0.3 is 5.97 Å². The molecule has 1 aromatic heterocycles. The van der Waals surface area contributed by atoms with Crippen LogP contribution in [0.1, 0.15) is 48.8 Å². The molecule has 0 bridgehead atoms. The van der Waals surface area contributed by atoms with Crippen molar-refractivity contribution in [2.24, 2.45) is 0 Å². The molecule has 0 spiro atoms. The number of carboxylic acids is 1. The van der Waals surface area contributed by atoms with Crippen molar-refractivity contribution in [3.05, 3.63) is 53.1 Å². The molecule has 216 valence electrons. The molecule has 1 aliphatic rings. The van der Waals surface area contributed by atoms with Crippen LogP contribution in [0.2, 0.25) is 0 Å². The van der Waals surface area contributed by atoms with Crippen molar-refractivity contribution < 1.29 is 28.0 Å². The van der Waals surface area contributed by atoms with E-state index in [4.69, 9.17) is 4.84 Å². The van der Waals surface area contributed by atoms with Gasteiger partial charge in [-0.3, -0.25) is 4.79 Å². The molecule has 1 amide bonds. The number of nitrogens with one attached hydrogen (secondary N) is 5. The predicted molar refractivity (Wildman–Crippen MR) is 150 cm³/mol. The Morgan fingerprint density at radius 1 is 1.12 bits per heavy atom. The Hall–Kier alpha value is -3.52. The van der Waals surface area contributed by atoms with E-state index in [1.165, 1.54) is 0 Å². The second kappa shape index (κ2) is 12.3. The molecule has 0 aliphatic carbocycles. The van der Waals surface area contributed by atoms with Gasteiger partial charge in [-0.2, -0.15) is 10.2 Å².